The highest BCUT2D eigenvalue weighted by Crippen LogP contribution is 2.38. The summed E-state index contributed by atoms with van der Waals surface area (Å²) in [4.78, 5) is 32.9. The highest BCUT2D eigenvalue weighted by atomic mass is 28.4. The summed E-state index contributed by atoms with van der Waals surface area (Å²) in [5.74, 6) is -0.135. The zero-order valence-corrected chi connectivity index (χ0v) is 22.0. The minimum atomic E-state index is -2.11. The number of nitrogen functional groups attached to an aromatic ring is 1. The molecule has 0 unspecified atom stereocenters. The summed E-state index contributed by atoms with van der Waals surface area (Å²) >= 11 is 0. The Hall–Kier alpha value is -3.67. The average molecular weight is 504 g/mol. The second-order valence-corrected chi connectivity index (χ2v) is 13.9. The molecule has 0 aliphatic carbocycles. The molecule has 0 saturated carbocycles. The number of nitrogens with zero attached hydrogens (tertiary/aromatic N) is 4. The van der Waals surface area contributed by atoms with Crippen LogP contribution in [0.15, 0.2) is 36.9 Å². The van der Waals surface area contributed by atoms with Gasteiger partial charge in [-0.1, -0.05) is 45.6 Å². The van der Waals surface area contributed by atoms with Gasteiger partial charge in [-0.05, 0) is 42.8 Å². The van der Waals surface area contributed by atoms with Gasteiger partial charge in [-0.2, -0.15) is 9.97 Å². The second kappa shape index (κ2) is 11.2. The molecular weight excluding hydrogens is 470 g/mol. The van der Waals surface area contributed by atoms with Crippen LogP contribution < -0.4 is 19.8 Å². The predicted molar refractivity (Wildman–Crippen MR) is 136 cm³/mol. The van der Waals surface area contributed by atoms with Gasteiger partial charge in [-0.15, -0.1) is 0 Å². The first-order valence-electron chi connectivity index (χ1n) is 11.1. The number of amides is 1. The summed E-state index contributed by atoms with van der Waals surface area (Å²) in [7, 11) is -2.11. The summed E-state index contributed by atoms with van der Waals surface area (Å²) < 4.78 is 16.9. The Kier molecular flexibility index (Phi) is 8.80. The largest absolute Gasteiger partial charge is 0.543 e. The number of aromatic nitrogens is 2. The molecule has 0 fully saturated rings. The number of benzene rings is 1. The monoisotopic (exact) mass is 503 g/mol. The Balaban J connectivity index is 2.54. The summed E-state index contributed by atoms with van der Waals surface area (Å²) in [6, 6.07) is 6.97. The van der Waals surface area contributed by atoms with Crippen LogP contribution >= 0.6 is 0 Å². The van der Waals surface area contributed by atoms with Gasteiger partial charge in [0.05, 0.1) is 18.1 Å². The number of carbonyl (C=O) groups excluding carboxylic acids is 1. The minimum absolute atomic E-state index is 0.0130. The third-order valence-corrected chi connectivity index (χ3v) is 9.91. The van der Waals surface area contributed by atoms with Crippen LogP contribution in [0.5, 0.6) is 11.8 Å². The number of anilines is 2. The van der Waals surface area contributed by atoms with E-state index in [2.05, 4.69) is 50.4 Å². The molecule has 1 amide bonds. The molecule has 35 heavy (non-hydrogen) atoms. The number of ether oxygens (including phenoxy) is 2. The lowest BCUT2D eigenvalue weighted by molar-refractivity contribution is -0.383. The third-order valence-electron chi connectivity index (χ3n) is 5.55. The topological polar surface area (TPSA) is 143 Å². The summed E-state index contributed by atoms with van der Waals surface area (Å²) in [6.07, 6.45) is 0.622. The van der Waals surface area contributed by atoms with Crippen molar-refractivity contribution in [2.45, 2.75) is 52.4 Å². The number of nitrogens with two attached hydrogens (primary N) is 1. The van der Waals surface area contributed by atoms with Gasteiger partial charge in [0.25, 0.3) is 0 Å². The van der Waals surface area contributed by atoms with E-state index in [0.717, 1.165) is 4.90 Å². The molecule has 0 spiro atoms. The summed E-state index contributed by atoms with van der Waals surface area (Å²) in [6.45, 7) is 15.8. The molecule has 2 rings (SSSR count). The number of hydrogen-bond acceptors (Lipinski definition) is 9. The fourth-order valence-corrected chi connectivity index (χ4v) is 3.79. The van der Waals surface area contributed by atoms with Gasteiger partial charge < -0.3 is 19.6 Å². The van der Waals surface area contributed by atoms with E-state index >= 15 is 0 Å². The van der Waals surface area contributed by atoms with Crippen molar-refractivity contribution >= 4 is 31.7 Å². The van der Waals surface area contributed by atoms with Gasteiger partial charge in [0.1, 0.15) is 12.4 Å². The molecule has 11 nitrogen and oxygen atoms in total. The van der Waals surface area contributed by atoms with Gasteiger partial charge in [0, 0.05) is 0 Å². The first-order valence-corrected chi connectivity index (χ1v) is 14.0. The minimum Gasteiger partial charge on any atom is -0.543 e. The van der Waals surface area contributed by atoms with Crippen molar-refractivity contribution in [3.8, 4) is 11.8 Å². The number of carbonyl (C=O) groups is 1. The molecule has 0 saturated heterocycles. The van der Waals surface area contributed by atoms with Crippen LogP contribution in [0.25, 0.3) is 0 Å². The van der Waals surface area contributed by atoms with Crippen LogP contribution in [0.2, 0.25) is 18.1 Å². The highest BCUT2D eigenvalue weighted by Gasteiger charge is 2.39. The zero-order valence-electron chi connectivity index (χ0n) is 21.0. The van der Waals surface area contributed by atoms with Crippen molar-refractivity contribution in [3.05, 3.63) is 52.6 Å². The lowest BCUT2D eigenvalue weighted by Gasteiger charge is -2.36. The van der Waals surface area contributed by atoms with Crippen LogP contribution in [0, 0.1) is 10.1 Å². The highest BCUT2D eigenvalue weighted by molar-refractivity contribution is 6.74. The molecule has 2 N–H and O–H groups in total. The maximum absolute atomic E-state index is 12.9. The molecule has 0 bridgehead atoms. The van der Waals surface area contributed by atoms with Crippen molar-refractivity contribution in [2.24, 2.45) is 0 Å². The maximum Gasteiger partial charge on any atom is 0.415 e. The second-order valence-electron chi connectivity index (χ2n) is 9.22. The van der Waals surface area contributed by atoms with Crippen molar-refractivity contribution in [1.29, 1.82) is 0 Å². The van der Waals surface area contributed by atoms with Gasteiger partial charge in [0.2, 0.25) is 20.0 Å². The molecule has 0 atom stereocenters. The molecule has 2 aromatic rings. The molecule has 1 aromatic carbocycles. The first kappa shape index (κ1) is 27.6. The number of nitro groups is 1. The van der Waals surface area contributed by atoms with E-state index in [-0.39, 0.29) is 36.6 Å². The van der Waals surface area contributed by atoms with Crippen LogP contribution in [0.1, 0.15) is 33.3 Å². The molecule has 1 heterocycles. The Labute approximate surface area is 206 Å². The quantitative estimate of drug-likeness (QED) is 0.203. The Morgan fingerprint density at radius 2 is 2.00 bits per heavy atom. The molecule has 0 aliphatic heterocycles. The van der Waals surface area contributed by atoms with E-state index < -0.39 is 30.8 Å². The summed E-state index contributed by atoms with van der Waals surface area (Å²) in [5, 5.41) is 11.8. The SMILES string of the molecule is C=CCOc1nc(N)c([N+](=O)[O-])c(N(Cc2cccc(O[Si](C)(C)C(C)(C)C)c2)C(=O)OCC)n1. The van der Waals surface area contributed by atoms with Crippen LogP contribution in [-0.2, 0) is 11.3 Å². The van der Waals surface area contributed by atoms with Crippen molar-refractivity contribution in [2.75, 3.05) is 23.8 Å². The summed E-state index contributed by atoms with van der Waals surface area (Å²) in [5.41, 5.74) is 5.86. The van der Waals surface area contributed by atoms with Gasteiger partial charge in [-0.3, -0.25) is 15.0 Å². The normalized spacial score (nSPS) is 11.5. The fraction of sp³-hybridized carbons (Fsp3) is 0.435. The molecule has 0 radical (unpaired) electrons. The number of rotatable bonds is 10. The molecule has 190 valence electrons. The van der Waals surface area contributed by atoms with Crippen molar-refractivity contribution < 1.29 is 23.6 Å². The molecule has 1 aromatic heterocycles. The molecular formula is C23H33N5O6Si. The van der Waals surface area contributed by atoms with Crippen LogP contribution in [-0.4, -0.2) is 42.5 Å². The van der Waals surface area contributed by atoms with Gasteiger partial charge in [-0.25, -0.2) is 4.79 Å². The van der Waals surface area contributed by atoms with E-state index in [9.17, 15) is 14.9 Å². The van der Waals surface area contributed by atoms with Crippen LogP contribution in [0.3, 0.4) is 0 Å². The van der Waals surface area contributed by atoms with E-state index in [1.54, 1.807) is 25.1 Å². The third kappa shape index (κ3) is 6.91. The molecule has 0 aliphatic rings. The Morgan fingerprint density at radius 3 is 2.57 bits per heavy atom. The van der Waals surface area contributed by atoms with E-state index in [4.69, 9.17) is 19.6 Å². The van der Waals surface area contributed by atoms with Crippen LogP contribution in [0.4, 0.5) is 22.1 Å². The van der Waals surface area contributed by atoms with E-state index in [1.165, 1.54) is 6.08 Å². The van der Waals surface area contributed by atoms with Gasteiger partial charge in [0.15, 0.2) is 0 Å². The predicted octanol–water partition coefficient (Wildman–Crippen LogP) is 5.08. The molecule has 12 heteroatoms. The van der Waals surface area contributed by atoms with Gasteiger partial charge >= 0.3 is 17.8 Å². The first-order chi connectivity index (χ1) is 16.3. The lowest BCUT2D eigenvalue weighted by Crippen LogP contribution is -2.43. The van der Waals surface area contributed by atoms with E-state index in [0.29, 0.717) is 11.3 Å². The fourth-order valence-electron chi connectivity index (χ4n) is 2.77. The smallest absolute Gasteiger partial charge is 0.415 e. The zero-order chi connectivity index (χ0) is 26.4. The lowest BCUT2D eigenvalue weighted by atomic mass is 10.2. The Bertz CT molecular complexity index is 1090. The maximum atomic E-state index is 12.9. The average Bonchev–Trinajstić information content (AvgIpc) is 2.74. The number of hydrogen-bond donors (Lipinski definition) is 1. The van der Waals surface area contributed by atoms with Crippen molar-refractivity contribution in [1.82, 2.24) is 9.97 Å². The Morgan fingerprint density at radius 1 is 1.31 bits per heavy atom. The van der Waals surface area contributed by atoms with Crippen molar-refractivity contribution in [3.63, 3.8) is 0 Å². The van der Waals surface area contributed by atoms with E-state index in [1.807, 2.05) is 6.07 Å². The standard InChI is InChI=1S/C23H33N5O6Si/c1-8-13-33-21-25-19(24)18(28(30)31)20(26-21)27(22(29)32-9-2)15-16-11-10-12-17(14-16)34-35(6,7)23(3,4)5/h8,10-12,14H,1,9,13,15H2,2-7H3,(H2,24,25,26).